The summed E-state index contributed by atoms with van der Waals surface area (Å²) in [6.07, 6.45) is 0.510. The van der Waals surface area contributed by atoms with Crippen LogP contribution in [0.1, 0.15) is 41.0 Å². The molecule has 0 fully saturated rings. The Bertz CT molecular complexity index is 878. The van der Waals surface area contributed by atoms with Crippen molar-refractivity contribution in [3.05, 3.63) is 53.6 Å². The van der Waals surface area contributed by atoms with Gasteiger partial charge in [-0.15, -0.1) is 0 Å². The number of aromatic nitrogens is 2. The number of nitrogens with zero attached hydrogens (tertiary/aromatic N) is 3. The fraction of sp³-hybridized carbons (Fsp3) is 0.333. The van der Waals surface area contributed by atoms with Gasteiger partial charge in [0.25, 0.3) is 12.3 Å². The average molecular weight is 409 g/mol. The van der Waals surface area contributed by atoms with Crippen LogP contribution in [0.2, 0.25) is 0 Å². The Hall–Kier alpha value is -2.62. The summed E-state index contributed by atoms with van der Waals surface area (Å²) in [4.78, 5) is 24.9. The summed E-state index contributed by atoms with van der Waals surface area (Å²) in [5.74, 6) is 0.133. The summed E-state index contributed by atoms with van der Waals surface area (Å²) in [5, 5.41) is 3.02. The van der Waals surface area contributed by atoms with E-state index in [2.05, 4.69) is 20.3 Å². The number of anilines is 1. The van der Waals surface area contributed by atoms with Gasteiger partial charge in [-0.05, 0) is 30.7 Å². The lowest BCUT2D eigenvalue weighted by Gasteiger charge is -2.32. The van der Waals surface area contributed by atoms with Crippen LogP contribution in [-0.2, 0) is 5.54 Å². The first kappa shape index (κ1) is 20.1. The van der Waals surface area contributed by atoms with E-state index in [-0.39, 0.29) is 17.7 Å². The zero-order valence-corrected chi connectivity index (χ0v) is 15.6. The fourth-order valence-electron chi connectivity index (χ4n) is 2.90. The molecule has 0 radical (unpaired) electrons. The van der Waals surface area contributed by atoms with Crippen molar-refractivity contribution in [2.45, 2.75) is 24.8 Å². The van der Waals surface area contributed by atoms with Crippen LogP contribution in [0, 0.1) is 0 Å². The second kappa shape index (κ2) is 8.59. The number of thioether (sulfide) groups is 1. The summed E-state index contributed by atoms with van der Waals surface area (Å²) >= 11 is 1.40. The summed E-state index contributed by atoms with van der Waals surface area (Å²) < 4.78 is 38.4. The van der Waals surface area contributed by atoms with Crippen LogP contribution in [0.4, 0.5) is 18.9 Å². The molecule has 6 nitrogen and oxygen atoms in total. The molecule has 0 spiro atoms. The highest BCUT2D eigenvalue weighted by atomic mass is 32.2. The second-order valence-electron chi connectivity index (χ2n) is 6.18. The summed E-state index contributed by atoms with van der Waals surface area (Å²) in [6, 6.07) is 5.57. The van der Waals surface area contributed by atoms with Crippen molar-refractivity contribution in [3.63, 3.8) is 0 Å². The molecule has 3 heterocycles. The third-order valence-corrected chi connectivity index (χ3v) is 5.16. The van der Waals surface area contributed by atoms with Crippen LogP contribution >= 0.6 is 11.8 Å². The minimum atomic E-state index is -2.65. The van der Waals surface area contributed by atoms with Crippen LogP contribution in [0.25, 0.3) is 0 Å². The smallest absolute Gasteiger partial charge is 0.274 e. The maximum Gasteiger partial charge on any atom is 0.274 e. The molecule has 1 amide bonds. The van der Waals surface area contributed by atoms with Crippen molar-refractivity contribution in [1.82, 2.24) is 9.97 Å². The van der Waals surface area contributed by atoms with Gasteiger partial charge in [0, 0.05) is 35.8 Å². The van der Waals surface area contributed by atoms with E-state index in [1.165, 1.54) is 24.0 Å². The molecular formula is C18H18F3N5OS. The van der Waals surface area contributed by atoms with E-state index in [0.717, 1.165) is 12.3 Å². The fourth-order valence-corrected chi connectivity index (χ4v) is 3.79. The van der Waals surface area contributed by atoms with Crippen LogP contribution in [-0.4, -0.2) is 33.5 Å². The van der Waals surface area contributed by atoms with Crippen LogP contribution in [0.3, 0.4) is 0 Å². The number of rotatable bonds is 6. The predicted molar refractivity (Wildman–Crippen MR) is 102 cm³/mol. The predicted octanol–water partition coefficient (Wildman–Crippen LogP) is 3.67. The molecule has 0 bridgehead atoms. The Balaban J connectivity index is 1.82. The van der Waals surface area contributed by atoms with Gasteiger partial charge in [-0.1, -0.05) is 11.8 Å². The number of carbonyl (C=O) groups excluding carboxylic acids is 1. The summed E-state index contributed by atoms with van der Waals surface area (Å²) in [7, 11) is 0. The molecular weight excluding hydrogens is 391 g/mol. The van der Waals surface area contributed by atoms with Crippen LogP contribution < -0.4 is 11.1 Å². The second-order valence-corrected chi connectivity index (χ2v) is 7.30. The van der Waals surface area contributed by atoms with Crippen molar-refractivity contribution in [2.75, 3.05) is 17.7 Å². The first-order chi connectivity index (χ1) is 13.4. The molecule has 0 unspecified atom stereocenters. The highest BCUT2D eigenvalue weighted by Crippen LogP contribution is 2.38. The molecule has 0 aromatic carbocycles. The third-order valence-electron chi connectivity index (χ3n) is 4.36. The number of amides is 1. The third kappa shape index (κ3) is 4.44. The highest BCUT2D eigenvalue weighted by Gasteiger charge is 2.36. The van der Waals surface area contributed by atoms with Gasteiger partial charge in [0.15, 0.2) is 5.17 Å². The molecule has 2 aromatic rings. The minimum Gasteiger partial charge on any atom is -0.379 e. The number of alkyl halides is 3. The number of pyridine rings is 2. The standard InChI is InChI=1S/C18H18F3N5OS/c19-6-4-18(5-8-28-17(22)26-18)14-9-12(3-7-23-14)25-16(27)13-2-1-11(10-24-13)15(20)21/h1-3,7,9-10,15H,4-6,8H2,(H2,22,26)(H,23,25,27)/t18-/m0/s1. The molecule has 3 rings (SSSR count). The lowest BCUT2D eigenvalue weighted by atomic mass is 9.88. The molecule has 0 saturated carbocycles. The van der Waals surface area contributed by atoms with E-state index in [1.54, 1.807) is 12.1 Å². The zero-order valence-electron chi connectivity index (χ0n) is 14.7. The molecule has 2 aromatic heterocycles. The number of hydrogen-bond donors (Lipinski definition) is 2. The molecule has 1 aliphatic heterocycles. The van der Waals surface area contributed by atoms with Gasteiger partial charge < -0.3 is 11.1 Å². The van der Waals surface area contributed by atoms with Gasteiger partial charge in [0.1, 0.15) is 11.2 Å². The van der Waals surface area contributed by atoms with Crippen molar-refractivity contribution < 1.29 is 18.0 Å². The normalized spacial score (nSPS) is 19.4. The topological polar surface area (TPSA) is 93.3 Å². The lowest BCUT2D eigenvalue weighted by molar-refractivity contribution is 0.102. The van der Waals surface area contributed by atoms with Crippen molar-refractivity contribution in [1.29, 1.82) is 0 Å². The van der Waals surface area contributed by atoms with Gasteiger partial charge >= 0.3 is 0 Å². The zero-order chi connectivity index (χ0) is 20.1. The number of nitrogens with two attached hydrogens (primary N) is 1. The maximum atomic E-state index is 13.2. The summed E-state index contributed by atoms with van der Waals surface area (Å²) in [5.41, 5.74) is 5.62. The SMILES string of the molecule is NC1=N[C@](CCF)(c2cc(NC(=O)c3ccc(C(F)F)cn3)ccn2)CCS1. The molecule has 3 N–H and O–H groups in total. The minimum absolute atomic E-state index is 0.00225. The number of nitrogens with one attached hydrogen (secondary N) is 1. The molecule has 1 aliphatic rings. The highest BCUT2D eigenvalue weighted by molar-refractivity contribution is 8.13. The Labute approximate surface area is 163 Å². The first-order valence-electron chi connectivity index (χ1n) is 8.49. The molecule has 148 valence electrons. The van der Waals surface area contributed by atoms with Crippen molar-refractivity contribution in [2.24, 2.45) is 10.7 Å². The number of amidine groups is 1. The number of halogens is 3. The van der Waals surface area contributed by atoms with Gasteiger partial charge in [0.2, 0.25) is 0 Å². The lowest BCUT2D eigenvalue weighted by Crippen LogP contribution is -2.33. The van der Waals surface area contributed by atoms with Gasteiger partial charge in [-0.2, -0.15) is 0 Å². The van der Waals surface area contributed by atoms with E-state index < -0.39 is 24.5 Å². The molecule has 1 atom stereocenters. The van der Waals surface area contributed by atoms with E-state index in [9.17, 15) is 18.0 Å². The number of aliphatic imine (C=N–C) groups is 1. The average Bonchev–Trinajstić information content (AvgIpc) is 2.68. The quantitative estimate of drug-likeness (QED) is 0.759. The van der Waals surface area contributed by atoms with Gasteiger partial charge in [-0.25, -0.2) is 13.8 Å². The van der Waals surface area contributed by atoms with E-state index in [0.29, 0.717) is 28.7 Å². The number of carbonyl (C=O) groups is 1. The van der Waals surface area contributed by atoms with Gasteiger partial charge in [0.05, 0.1) is 12.4 Å². The van der Waals surface area contributed by atoms with Crippen LogP contribution in [0.5, 0.6) is 0 Å². The Morgan fingerprint density at radius 1 is 1.32 bits per heavy atom. The van der Waals surface area contributed by atoms with E-state index >= 15 is 0 Å². The van der Waals surface area contributed by atoms with Gasteiger partial charge in [-0.3, -0.25) is 19.2 Å². The van der Waals surface area contributed by atoms with Crippen LogP contribution in [0.15, 0.2) is 41.7 Å². The van der Waals surface area contributed by atoms with E-state index in [1.807, 2.05) is 0 Å². The Morgan fingerprint density at radius 2 is 2.14 bits per heavy atom. The van der Waals surface area contributed by atoms with E-state index in [4.69, 9.17) is 5.73 Å². The molecule has 0 saturated heterocycles. The summed E-state index contributed by atoms with van der Waals surface area (Å²) in [6.45, 7) is -0.583. The molecule has 28 heavy (non-hydrogen) atoms. The molecule has 10 heteroatoms. The Morgan fingerprint density at radius 3 is 2.79 bits per heavy atom. The number of hydrogen-bond acceptors (Lipinski definition) is 6. The van der Waals surface area contributed by atoms with Crippen molar-refractivity contribution >= 4 is 28.5 Å². The Kier molecular flexibility index (Phi) is 6.18. The molecule has 0 aliphatic carbocycles. The largest absolute Gasteiger partial charge is 0.379 e. The maximum absolute atomic E-state index is 13.2. The first-order valence-corrected chi connectivity index (χ1v) is 9.48. The monoisotopic (exact) mass is 409 g/mol. The van der Waals surface area contributed by atoms with Crippen molar-refractivity contribution in [3.8, 4) is 0 Å².